The van der Waals surface area contributed by atoms with Crippen molar-refractivity contribution in [1.82, 2.24) is 5.32 Å². The molecule has 1 aromatic carbocycles. The van der Waals surface area contributed by atoms with E-state index in [1.165, 1.54) is 0 Å². The van der Waals surface area contributed by atoms with Crippen LogP contribution in [-0.4, -0.2) is 24.9 Å². The first-order valence-electron chi connectivity index (χ1n) is 6.17. The zero-order valence-corrected chi connectivity index (χ0v) is 11.6. The van der Waals surface area contributed by atoms with Gasteiger partial charge in [0.05, 0.1) is 11.6 Å². The molecule has 0 atom stereocenters. The van der Waals surface area contributed by atoms with Gasteiger partial charge in [-0.05, 0) is 36.2 Å². The second kappa shape index (κ2) is 6.68. The molecule has 0 aliphatic rings. The number of amides is 2. The molecule has 0 unspecified atom stereocenters. The molecular weight excluding hydrogens is 256 g/mol. The van der Waals surface area contributed by atoms with Crippen LogP contribution in [0.5, 0.6) is 0 Å². The van der Waals surface area contributed by atoms with E-state index in [1.807, 2.05) is 19.9 Å². The van der Waals surface area contributed by atoms with Crippen molar-refractivity contribution in [2.24, 2.45) is 11.1 Å². The fourth-order valence-corrected chi connectivity index (χ4v) is 1.29. The third-order valence-corrected chi connectivity index (χ3v) is 2.76. The molecule has 0 saturated carbocycles. The second-order valence-electron chi connectivity index (χ2n) is 5.19. The van der Waals surface area contributed by atoms with Gasteiger partial charge < -0.3 is 16.4 Å². The Morgan fingerprint density at radius 1 is 1.25 bits per heavy atom. The van der Waals surface area contributed by atoms with Crippen LogP contribution < -0.4 is 16.4 Å². The summed E-state index contributed by atoms with van der Waals surface area (Å²) in [5, 5.41) is 13.6. The highest BCUT2D eigenvalue weighted by Crippen LogP contribution is 2.10. The molecular formula is C14H18N4O2. The largest absolute Gasteiger partial charge is 0.347 e. The molecule has 0 aliphatic carbocycles. The molecule has 0 aliphatic heterocycles. The van der Waals surface area contributed by atoms with Crippen LogP contribution in [0.3, 0.4) is 0 Å². The van der Waals surface area contributed by atoms with E-state index in [2.05, 4.69) is 10.6 Å². The summed E-state index contributed by atoms with van der Waals surface area (Å²) in [6, 6.07) is 8.22. The lowest BCUT2D eigenvalue weighted by Gasteiger charge is -2.22. The van der Waals surface area contributed by atoms with Gasteiger partial charge in [0, 0.05) is 12.2 Å². The minimum atomic E-state index is -0.748. The van der Waals surface area contributed by atoms with E-state index >= 15 is 0 Å². The Bertz CT molecular complexity index is 529. The summed E-state index contributed by atoms with van der Waals surface area (Å²) in [6.07, 6.45) is 0. The van der Waals surface area contributed by atoms with Crippen molar-refractivity contribution in [2.75, 3.05) is 18.4 Å². The van der Waals surface area contributed by atoms with Gasteiger partial charge in [-0.15, -0.1) is 0 Å². The first-order chi connectivity index (χ1) is 9.38. The zero-order chi connectivity index (χ0) is 15.2. The SMILES string of the molecule is CC(C)(CN)CNC(=O)C(=O)Nc1ccc(C#N)cc1. The van der Waals surface area contributed by atoms with Crippen LogP contribution in [0.15, 0.2) is 24.3 Å². The lowest BCUT2D eigenvalue weighted by Crippen LogP contribution is -2.42. The molecule has 20 heavy (non-hydrogen) atoms. The second-order valence-corrected chi connectivity index (χ2v) is 5.19. The number of benzene rings is 1. The number of anilines is 1. The Hall–Kier alpha value is -2.39. The van der Waals surface area contributed by atoms with E-state index in [0.29, 0.717) is 24.3 Å². The molecule has 0 bridgehead atoms. The first-order valence-corrected chi connectivity index (χ1v) is 6.17. The average Bonchev–Trinajstić information content (AvgIpc) is 2.45. The number of nitrogens with zero attached hydrogens (tertiary/aromatic N) is 1. The van der Waals surface area contributed by atoms with Crippen LogP contribution in [0.1, 0.15) is 19.4 Å². The Labute approximate surface area is 118 Å². The molecule has 106 valence electrons. The van der Waals surface area contributed by atoms with E-state index in [-0.39, 0.29) is 5.41 Å². The first kappa shape index (κ1) is 15.7. The number of rotatable bonds is 4. The number of hydrogen-bond acceptors (Lipinski definition) is 4. The van der Waals surface area contributed by atoms with Gasteiger partial charge >= 0.3 is 11.8 Å². The lowest BCUT2D eigenvalue weighted by molar-refractivity contribution is -0.136. The van der Waals surface area contributed by atoms with Gasteiger partial charge in [0.2, 0.25) is 0 Å². The van der Waals surface area contributed by atoms with Crippen LogP contribution >= 0.6 is 0 Å². The summed E-state index contributed by atoms with van der Waals surface area (Å²) >= 11 is 0. The Balaban J connectivity index is 2.53. The number of nitriles is 1. The monoisotopic (exact) mass is 274 g/mol. The maximum Gasteiger partial charge on any atom is 0.313 e. The zero-order valence-electron chi connectivity index (χ0n) is 11.6. The Morgan fingerprint density at radius 3 is 2.35 bits per heavy atom. The minimum absolute atomic E-state index is 0.260. The standard InChI is InChI=1S/C14H18N4O2/c1-14(2,8-16)9-17-12(19)13(20)18-11-5-3-10(7-15)4-6-11/h3-6H,8-9,16H2,1-2H3,(H,17,19)(H,18,20). The van der Waals surface area contributed by atoms with E-state index in [1.54, 1.807) is 24.3 Å². The number of carbonyl (C=O) groups is 2. The predicted octanol–water partition coefficient (Wildman–Crippen LogP) is 0.598. The smallest absolute Gasteiger partial charge is 0.313 e. The predicted molar refractivity (Wildman–Crippen MR) is 75.6 cm³/mol. The van der Waals surface area contributed by atoms with Crippen molar-refractivity contribution in [3.63, 3.8) is 0 Å². The highest BCUT2D eigenvalue weighted by Gasteiger charge is 2.20. The quantitative estimate of drug-likeness (QED) is 0.698. The van der Waals surface area contributed by atoms with Crippen molar-refractivity contribution >= 4 is 17.5 Å². The summed E-state index contributed by atoms with van der Waals surface area (Å²) in [4.78, 5) is 23.3. The van der Waals surface area contributed by atoms with E-state index in [4.69, 9.17) is 11.0 Å². The molecule has 0 aromatic heterocycles. The molecule has 1 aromatic rings. The van der Waals surface area contributed by atoms with Crippen molar-refractivity contribution in [2.45, 2.75) is 13.8 Å². The van der Waals surface area contributed by atoms with Crippen molar-refractivity contribution < 1.29 is 9.59 Å². The molecule has 0 heterocycles. The third-order valence-electron chi connectivity index (χ3n) is 2.76. The molecule has 6 nitrogen and oxygen atoms in total. The molecule has 2 amide bonds. The highest BCUT2D eigenvalue weighted by molar-refractivity contribution is 6.39. The third kappa shape index (κ3) is 4.71. The summed E-state index contributed by atoms with van der Waals surface area (Å²) in [7, 11) is 0. The lowest BCUT2D eigenvalue weighted by atomic mass is 9.94. The molecule has 4 N–H and O–H groups in total. The van der Waals surface area contributed by atoms with Gasteiger partial charge in [-0.1, -0.05) is 13.8 Å². The summed E-state index contributed by atoms with van der Waals surface area (Å²) in [5.74, 6) is -1.46. The van der Waals surface area contributed by atoms with Crippen LogP contribution in [0, 0.1) is 16.7 Å². The van der Waals surface area contributed by atoms with E-state index in [9.17, 15) is 9.59 Å². The minimum Gasteiger partial charge on any atom is -0.347 e. The van der Waals surface area contributed by atoms with Gasteiger partial charge in [-0.25, -0.2) is 0 Å². The number of carbonyl (C=O) groups excluding carboxylic acids is 2. The van der Waals surface area contributed by atoms with Gasteiger partial charge in [0.1, 0.15) is 0 Å². The molecule has 0 spiro atoms. The fourth-order valence-electron chi connectivity index (χ4n) is 1.29. The number of nitrogens with two attached hydrogens (primary N) is 1. The van der Waals surface area contributed by atoms with E-state index in [0.717, 1.165) is 0 Å². The van der Waals surface area contributed by atoms with Gasteiger partial charge in [-0.2, -0.15) is 5.26 Å². The molecule has 0 fully saturated rings. The molecule has 6 heteroatoms. The molecule has 0 saturated heterocycles. The maximum atomic E-state index is 11.7. The maximum absolute atomic E-state index is 11.7. The van der Waals surface area contributed by atoms with E-state index < -0.39 is 11.8 Å². The Kier molecular flexibility index (Phi) is 5.23. The number of hydrogen-bond donors (Lipinski definition) is 3. The van der Waals surface area contributed by atoms with Gasteiger partial charge in [0.25, 0.3) is 0 Å². The van der Waals surface area contributed by atoms with Crippen LogP contribution in [0.25, 0.3) is 0 Å². The normalized spacial score (nSPS) is 10.5. The van der Waals surface area contributed by atoms with Crippen LogP contribution in [-0.2, 0) is 9.59 Å². The van der Waals surface area contributed by atoms with Crippen LogP contribution in [0.4, 0.5) is 5.69 Å². The van der Waals surface area contributed by atoms with Crippen molar-refractivity contribution in [1.29, 1.82) is 5.26 Å². The van der Waals surface area contributed by atoms with Gasteiger partial charge in [-0.3, -0.25) is 9.59 Å². The van der Waals surface area contributed by atoms with Gasteiger partial charge in [0.15, 0.2) is 0 Å². The van der Waals surface area contributed by atoms with Crippen LogP contribution in [0.2, 0.25) is 0 Å². The summed E-state index contributed by atoms with van der Waals surface area (Å²) in [6.45, 7) is 4.52. The van der Waals surface area contributed by atoms with Crippen molar-refractivity contribution in [3.05, 3.63) is 29.8 Å². The Morgan fingerprint density at radius 2 is 1.85 bits per heavy atom. The number of nitrogens with one attached hydrogen (secondary N) is 2. The average molecular weight is 274 g/mol. The fraction of sp³-hybridized carbons (Fsp3) is 0.357. The molecule has 1 rings (SSSR count). The highest BCUT2D eigenvalue weighted by atomic mass is 16.2. The van der Waals surface area contributed by atoms with Crippen molar-refractivity contribution in [3.8, 4) is 6.07 Å². The molecule has 0 radical (unpaired) electrons. The summed E-state index contributed by atoms with van der Waals surface area (Å²) in [5.41, 5.74) is 6.23. The summed E-state index contributed by atoms with van der Waals surface area (Å²) < 4.78 is 0. The topological polar surface area (TPSA) is 108 Å².